The van der Waals surface area contributed by atoms with Crippen molar-refractivity contribution in [3.05, 3.63) is 12.2 Å². The first kappa shape index (κ1) is 22.5. The largest absolute Gasteiger partial charge is 0.393 e. The van der Waals surface area contributed by atoms with Crippen LogP contribution in [0.2, 0.25) is 0 Å². The molecule has 5 saturated carbocycles. The fraction of sp³-hybridized carbons (Fsp3) is 0.933. The van der Waals surface area contributed by atoms with Gasteiger partial charge in [0.05, 0.1) is 6.10 Å². The fourth-order valence-electron chi connectivity index (χ4n) is 11.5. The molecule has 1 heteroatoms. The minimum absolute atomic E-state index is 0.0632. The molecule has 0 unspecified atom stereocenters. The maximum Gasteiger partial charge on any atom is 0.0594 e. The zero-order valence-corrected chi connectivity index (χ0v) is 21.7. The smallest absolute Gasteiger partial charge is 0.0594 e. The average Bonchev–Trinajstić information content (AvgIpc) is 3.04. The normalized spacial score (nSPS) is 57.9. The number of hydrogen-bond acceptors (Lipinski definition) is 1. The molecule has 5 aliphatic rings. The lowest BCUT2D eigenvalue weighted by atomic mass is 9.32. The van der Waals surface area contributed by atoms with Gasteiger partial charge in [0.25, 0.3) is 0 Å². The van der Waals surface area contributed by atoms with Gasteiger partial charge in [0.15, 0.2) is 0 Å². The van der Waals surface area contributed by atoms with Gasteiger partial charge in [0.1, 0.15) is 0 Å². The van der Waals surface area contributed by atoms with Crippen LogP contribution in [0.15, 0.2) is 12.2 Å². The number of aliphatic hydroxyl groups is 1. The zero-order chi connectivity index (χ0) is 22.6. The van der Waals surface area contributed by atoms with Gasteiger partial charge in [-0.05, 0) is 128 Å². The van der Waals surface area contributed by atoms with Gasteiger partial charge in [-0.25, -0.2) is 0 Å². The molecule has 31 heavy (non-hydrogen) atoms. The predicted octanol–water partition coefficient (Wildman–Crippen LogP) is 8.02. The van der Waals surface area contributed by atoms with E-state index in [2.05, 4.69) is 55.0 Å². The molecule has 1 N–H and O–H groups in total. The Morgan fingerprint density at radius 1 is 0.742 bits per heavy atom. The summed E-state index contributed by atoms with van der Waals surface area (Å²) < 4.78 is 0. The molecular formula is C30H50O. The van der Waals surface area contributed by atoms with Crippen molar-refractivity contribution in [2.75, 3.05) is 0 Å². The van der Waals surface area contributed by atoms with E-state index in [0.29, 0.717) is 27.6 Å². The second-order valence-corrected chi connectivity index (χ2v) is 14.7. The van der Waals surface area contributed by atoms with Crippen LogP contribution in [0.4, 0.5) is 0 Å². The Kier molecular flexibility index (Phi) is 4.82. The molecule has 1 nitrogen and oxygen atoms in total. The number of rotatable bonds is 1. The van der Waals surface area contributed by atoms with Crippen molar-refractivity contribution >= 4 is 0 Å². The predicted molar refractivity (Wildman–Crippen MR) is 131 cm³/mol. The summed E-state index contributed by atoms with van der Waals surface area (Å²) in [5, 5.41) is 10.9. The Morgan fingerprint density at radius 3 is 2.13 bits per heavy atom. The first-order valence-corrected chi connectivity index (χ1v) is 13.6. The molecule has 0 radical (unpaired) electrons. The minimum atomic E-state index is -0.118. The molecule has 0 aromatic rings. The van der Waals surface area contributed by atoms with Gasteiger partial charge in [0.2, 0.25) is 0 Å². The molecule has 5 aliphatic carbocycles. The van der Waals surface area contributed by atoms with Gasteiger partial charge >= 0.3 is 0 Å². The van der Waals surface area contributed by atoms with E-state index in [1.54, 1.807) is 0 Å². The summed E-state index contributed by atoms with van der Waals surface area (Å²) in [6.07, 6.45) is 13.4. The van der Waals surface area contributed by atoms with Crippen LogP contribution in [-0.4, -0.2) is 11.2 Å². The highest BCUT2D eigenvalue weighted by molar-refractivity contribution is 5.21. The highest BCUT2D eigenvalue weighted by Gasteiger charge is 2.70. The van der Waals surface area contributed by atoms with Crippen LogP contribution in [0, 0.1) is 56.7 Å². The van der Waals surface area contributed by atoms with E-state index in [0.717, 1.165) is 30.1 Å². The molecule has 0 bridgehead atoms. The van der Waals surface area contributed by atoms with Crippen LogP contribution >= 0.6 is 0 Å². The second kappa shape index (κ2) is 6.64. The third-order valence-corrected chi connectivity index (χ3v) is 13.5. The monoisotopic (exact) mass is 426 g/mol. The van der Waals surface area contributed by atoms with Crippen LogP contribution in [-0.2, 0) is 0 Å². The van der Waals surface area contributed by atoms with E-state index < -0.39 is 0 Å². The number of fused-ring (bicyclic) bond motifs is 7. The molecule has 0 spiro atoms. The maximum atomic E-state index is 10.9. The Balaban J connectivity index is 1.54. The molecule has 0 aromatic carbocycles. The number of hydrogen-bond donors (Lipinski definition) is 1. The Bertz CT molecular complexity index is 766. The van der Waals surface area contributed by atoms with Gasteiger partial charge in [-0.3, -0.25) is 0 Å². The van der Waals surface area contributed by atoms with Gasteiger partial charge in [-0.15, -0.1) is 0 Å². The van der Waals surface area contributed by atoms with Gasteiger partial charge in [0, 0.05) is 0 Å². The third kappa shape index (κ3) is 2.65. The van der Waals surface area contributed by atoms with Crippen LogP contribution in [0.3, 0.4) is 0 Å². The van der Waals surface area contributed by atoms with Gasteiger partial charge in [-0.2, -0.15) is 0 Å². The maximum absolute atomic E-state index is 10.9. The SMILES string of the molecule is C=C(C)[C@@H]1CC[C@]2(C)CC[C@]3(C)[C@@H](CC[C@H]4[C@@]5(C)CC[C@H](O)C(C)(C)[C@H]5CC[C@]43C)[C@H]12. The lowest BCUT2D eigenvalue weighted by Gasteiger charge is -2.73. The van der Waals surface area contributed by atoms with E-state index in [-0.39, 0.29) is 11.5 Å². The third-order valence-electron chi connectivity index (χ3n) is 13.5. The van der Waals surface area contributed by atoms with E-state index in [1.165, 1.54) is 63.4 Å². The Hall–Kier alpha value is -0.300. The van der Waals surface area contributed by atoms with Crippen LogP contribution in [0.5, 0.6) is 0 Å². The van der Waals surface area contributed by atoms with E-state index >= 15 is 0 Å². The molecule has 10 atom stereocenters. The summed E-state index contributed by atoms with van der Waals surface area (Å²) in [6, 6.07) is 0. The molecule has 5 fully saturated rings. The number of allylic oxidation sites excluding steroid dienone is 1. The standard InChI is InChI=1S/C30H50O/c1-19(2)20-11-14-27(5)17-18-29(7)21(25(20)27)9-10-23-28(6)15-13-24(31)26(3,4)22(28)12-16-30(23,29)8/h20-25,31H,1,9-18H2,2-8H3/t20-,21-,22+,23-,24-,25-,27+,28-,29+,30+/m0/s1. The molecule has 0 aromatic heterocycles. The number of aliphatic hydroxyl groups excluding tert-OH is 1. The molecule has 0 heterocycles. The first-order valence-electron chi connectivity index (χ1n) is 13.6. The van der Waals surface area contributed by atoms with Gasteiger partial charge in [-0.1, -0.05) is 53.7 Å². The van der Waals surface area contributed by atoms with E-state index in [9.17, 15) is 5.11 Å². The molecular weight excluding hydrogens is 376 g/mol. The van der Waals surface area contributed by atoms with Crippen molar-refractivity contribution in [3.63, 3.8) is 0 Å². The van der Waals surface area contributed by atoms with E-state index in [4.69, 9.17) is 0 Å². The van der Waals surface area contributed by atoms with Crippen molar-refractivity contribution < 1.29 is 5.11 Å². The first-order chi connectivity index (χ1) is 14.3. The van der Waals surface area contributed by atoms with Crippen molar-refractivity contribution in [1.29, 1.82) is 0 Å². The molecule has 0 amide bonds. The fourth-order valence-corrected chi connectivity index (χ4v) is 11.5. The summed E-state index contributed by atoms with van der Waals surface area (Å²) in [7, 11) is 0. The highest BCUT2D eigenvalue weighted by atomic mass is 16.3. The van der Waals surface area contributed by atoms with E-state index in [1.807, 2.05) is 0 Å². The molecule has 5 rings (SSSR count). The lowest BCUT2D eigenvalue weighted by Crippen LogP contribution is -2.66. The van der Waals surface area contributed by atoms with Crippen LogP contribution in [0.1, 0.15) is 113 Å². The molecule has 176 valence electrons. The summed E-state index contributed by atoms with van der Waals surface area (Å²) in [5.74, 6) is 3.98. The van der Waals surface area contributed by atoms with Crippen LogP contribution < -0.4 is 0 Å². The van der Waals surface area contributed by atoms with Crippen molar-refractivity contribution in [3.8, 4) is 0 Å². The average molecular weight is 427 g/mol. The lowest BCUT2D eigenvalue weighted by molar-refractivity contribution is -0.246. The van der Waals surface area contributed by atoms with Gasteiger partial charge < -0.3 is 5.11 Å². The Labute approximate surface area is 192 Å². The minimum Gasteiger partial charge on any atom is -0.393 e. The molecule has 0 saturated heterocycles. The molecule has 0 aliphatic heterocycles. The topological polar surface area (TPSA) is 20.2 Å². The summed E-state index contributed by atoms with van der Waals surface area (Å²) in [4.78, 5) is 0. The summed E-state index contributed by atoms with van der Waals surface area (Å²) in [6.45, 7) is 22.3. The van der Waals surface area contributed by atoms with Crippen molar-refractivity contribution in [1.82, 2.24) is 0 Å². The Morgan fingerprint density at radius 2 is 1.45 bits per heavy atom. The summed E-state index contributed by atoms with van der Waals surface area (Å²) >= 11 is 0. The highest BCUT2D eigenvalue weighted by Crippen LogP contribution is 2.77. The zero-order valence-electron chi connectivity index (χ0n) is 21.7. The summed E-state index contributed by atoms with van der Waals surface area (Å²) in [5.41, 5.74) is 3.38. The van der Waals surface area contributed by atoms with Crippen LogP contribution in [0.25, 0.3) is 0 Å². The quantitative estimate of drug-likeness (QED) is 0.421. The van der Waals surface area contributed by atoms with Crippen molar-refractivity contribution in [2.24, 2.45) is 56.7 Å². The van der Waals surface area contributed by atoms with Crippen molar-refractivity contribution in [2.45, 2.75) is 119 Å². The second-order valence-electron chi connectivity index (χ2n) is 14.7.